The van der Waals surface area contributed by atoms with Gasteiger partial charge in [0.2, 0.25) is 0 Å². The van der Waals surface area contributed by atoms with Crippen LogP contribution in [0.25, 0.3) is 0 Å². The lowest BCUT2D eigenvalue weighted by Crippen LogP contribution is -2.33. The van der Waals surface area contributed by atoms with Gasteiger partial charge in [0.05, 0.1) is 0 Å². The third kappa shape index (κ3) is 5.64. The second-order valence-electron chi connectivity index (χ2n) is 6.92. The molecule has 24 heavy (non-hydrogen) atoms. The summed E-state index contributed by atoms with van der Waals surface area (Å²) in [6, 6.07) is 7.15. The average Bonchev–Trinajstić information content (AvgIpc) is 3.07. The second-order valence-corrected chi connectivity index (χ2v) is 6.92. The molecule has 1 aliphatic rings. The molecule has 5 heteroatoms. The van der Waals surface area contributed by atoms with Crippen LogP contribution in [0.2, 0.25) is 0 Å². The summed E-state index contributed by atoms with van der Waals surface area (Å²) in [5.74, 6) is 0.371. The van der Waals surface area contributed by atoms with Crippen molar-refractivity contribution in [3.63, 3.8) is 0 Å². The number of rotatable bonds is 7. The van der Waals surface area contributed by atoms with Gasteiger partial charge in [0.15, 0.2) is 0 Å². The summed E-state index contributed by atoms with van der Waals surface area (Å²) in [6.07, 6.45) is 3.32. The fourth-order valence-electron chi connectivity index (χ4n) is 2.71. The van der Waals surface area contributed by atoms with Crippen LogP contribution in [-0.4, -0.2) is 30.6 Å². The first kappa shape index (κ1) is 18.5. The molecule has 1 fully saturated rings. The quantitative estimate of drug-likeness (QED) is 0.804. The highest BCUT2D eigenvalue weighted by Gasteiger charge is 2.23. The number of benzene rings is 1. The Hall–Kier alpha value is -1.88. The van der Waals surface area contributed by atoms with E-state index in [1.807, 2.05) is 6.92 Å². The van der Waals surface area contributed by atoms with E-state index in [1.165, 1.54) is 0 Å². The predicted molar refractivity (Wildman–Crippen MR) is 95.0 cm³/mol. The van der Waals surface area contributed by atoms with Gasteiger partial charge in [0.1, 0.15) is 6.10 Å². The van der Waals surface area contributed by atoms with Gasteiger partial charge in [-0.3, -0.25) is 9.59 Å². The summed E-state index contributed by atoms with van der Waals surface area (Å²) in [5.41, 5.74) is 1.18. The zero-order valence-electron chi connectivity index (χ0n) is 14.8. The van der Waals surface area contributed by atoms with E-state index in [-0.39, 0.29) is 24.0 Å². The highest BCUT2D eigenvalue weighted by atomic mass is 16.5. The summed E-state index contributed by atoms with van der Waals surface area (Å²) in [4.78, 5) is 24.4. The van der Waals surface area contributed by atoms with Crippen molar-refractivity contribution in [3.8, 4) is 0 Å². The van der Waals surface area contributed by atoms with Crippen molar-refractivity contribution >= 4 is 17.5 Å². The largest absolute Gasteiger partial charge is 0.368 e. The van der Waals surface area contributed by atoms with Gasteiger partial charge < -0.3 is 15.4 Å². The lowest BCUT2D eigenvalue weighted by atomic mass is 10.0. The van der Waals surface area contributed by atoms with Gasteiger partial charge in [-0.25, -0.2) is 0 Å². The fraction of sp³-hybridized carbons (Fsp3) is 0.579. The van der Waals surface area contributed by atoms with Crippen LogP contribution in [0.3, 0.4) is 0 Å². The van der Waals surface area contributed by atoms with E-state index in [0.29, 0.717) is 23.8 Å². The van der Waals surface area contributed by atoms with Crippen LogP contribution in [0.4, 0.5) is 5.69 Å². The molecule has 2 amide bonds. The van der Waals surface area contributed by atoms with Gasteiger partial charge in [-0.15, -0.1) is 0 Å². The number of amides is 2. The smallest absolute Gasteiger partial charge is 0.253 e. The Kier molecular flexibility index (Phi) is 6.79. The molecule has 1 aliphatic heterocycles. The first-order chi connectivity index (χ1) is 11.5. The minimum absolute atomic E-state index is 0.112. The molecule has 2 rings (SSSR count). The van der Waals surface area contributed by atoms with Crippen molar-refractivity contribution < 1.29 is 14.3 Å². The lowest BCUT2D eigenvalue weighted by molar-refractivity contribution is -0.124. The van der Waals surface area contributed by atoms with Gasteiger partial charge in [0.25, 0.3) is 11.8 Å². The molecule has 2 unspecified atom stereocenters. The van der Waals surface area contributed by atoms with Gasteiger partial charge in [-0.05, 0) is 56.7 Å². The Morgan fingerprint density at radius 2 is 2.04 bits per heavy atom. The Morgan fingerprint density at radius 3 is 2.71 bits per heavy atom. The topological polar surface area (TPSA) is 67.4 Å². The molecule has 1 aromatic carbocycles. The van der Waals surface area contributed by atoms with E-state index in [0.717, 1.165) is 25.7 Å². The Balaban J connectivity index is 1.91. The number of anilines is 1. The third-order valence-electron chi connectivity index (χ3n) is 4.17. The molecule has 5 nitrogen and oxygen atoms in total. The normalized spacial score (nSPS) is 18.4. The summed E-state index contributed by atoms with van der Waals surface area (Å²) in [7, 11) is 0. The monoisotopic (exact) mass is 332 g/mol. The van der Waals surface area contributed by atoms with Crippen LogP contribution in [-0.2, 0) is 9.53 Å². The number of ether oxygens (including phenoxy) is 1. The van der Waals surface area contributed by atoms with Crippen LogP contribution in [0.5, 0.6) is 0 Å². The van der Waals surface area contributed by atoms with Gasteiger partial charge >= 0.3 is 0 Å². The summed E-state index contributed by atoms with van der Waals surface area (Å²) < 4.78 is 5.37. The molecule has 0 aromatic heterocycles. The maximum Gasteiger partial charge on any atom is 0.253 e. The summed E-state index contributed by atoms with van der Waals surface area (Å²) >= 11 is 0. The van der Waals surface area contributed by atoms with Crippen LogP contribution in [0.15, 0.2) is 24.3 Å². The zero-order chi connectivity index (χ0) is 17.5. The molecule has 0 radical (unpaired) electrons. The number of nitrogens with one attached hydrogen (secondary N) is 2. The van der Waals surface area contributed by atoms with Crippen LogP contribution < -0.4 is 10.6 Å². The van der Waals surface area contributed by atoms with Crippen molar-refractivity contribution in [2.45, 2.75) is 58.6 Å². The van der Waals surface area contributed by atoms with E-state index in [2.05, 4.69) is 24.5 Å². The molecule has 0 spiro atoms. The van der Waals surface area contributed by atoms with E-state index in [1.54, 1.807) is 24.3 Å². The molecule has 132 valence electrons. The van der Waals surface area contributed by atoms with Gasteiger partial charge in [-0.1, -0.05) is 19.9 Å². The predicted octanol–water partition coefficient (Wildman–Crippen LogP) is 3.36. The zero-order valence-corrected chi connectivity index (χ0v) is 14.8. The average molecular weight is 332 g/mol. The molecule has 0 saturated carbocycles. The molecule has 2 N–H and O–H groups in total. The minimum Gasteiger partial charge on any atom is -0.368 e. The van der Waals surface area contributed by atoms with Crippen LogP contribution in [0, 0.1) is 5.92 Å². The maximum absolute atomic E-state index is 12.3. The molecular formula is C19H28N2O3. The first-order valence-electron chi connectivity index (χ1n) is 8.79. The Bertz CT molecular complexity index is 565. The molecule has 1 saturated heterocycles. The number of carbonyl (C=O) groups is 2. The Labute approximate surface area is 144 Å². The number of hydrogen-bond donors (Lipinski definition) is 2. The van der Waals surface area contributed by atoms with Gasteiger partial charge in [0, 0.05) is 23.9 Å². The summed E-state index contributed by atoms with van der Waals surface area (Å²) in [6.45, 7) is 7.00. The van der Waals surface area contributed by atoms with E-state index in [9.17, 15) is 9.59 Å². The Morgan fingerprint density at radius 1 is 1.25 bits per heavy atom. The van der Waals surface area contributed by atoms with E-state index < -0.39 is 0 Å². The van der Waals surface area contributed by atoms with Gasteiger partial charge in [-0.2, -0.15) is 0 Å². The molecule has 1 heterocycles. The molecule has 0 aliphatic carbocycles. The van der Waals surface area contributed by atoms with Crippen molar-refractivity contribution in [1.82, 2.24) is 5.32 Å². The SMILES string of the molecule is CC(C)CCC(C)NC(=O)c1cccc(NC(=O)C2CCCO2)c1. The second kappa shape index (κ2) is 8.83. The van der Waals surface area contributed by atoms with E-state index >= 15 is 0 Å². The minimum atomic E-state index is -0.376. The fourth-order valence-corrected chi connectivity index (χ4v) is 2.71. The maximum atomic E-state index is 12.3. The highest BCUT2D eigenvalue weighted by molar-refractivity contribution is 5.98. The lowest BCUT2D eigenvalue weighted by Gasteiger charge is -2.16. The number of hydrogen-bond acceptors (Lipinski definition) is 3. The van der Waals surface area contributed by atoms with Crippen molar-refractivity contribution in [2.75, 3.05) is 11.9 Å². The molecular weight excluding hydrogens is 304 g/mol. The van der Waals surface area contributed by atoms with Crippen molar-refractivity contribution in [1.29, 1.82) is 0 Å². The van der Waals surface area contributed by atoms with Crippen molar-refractivity contribution in [3.05, 3.63) is 29.8 Å². The summed E-state index contributed by atoms with van der Waals surface area (Å²) in [5, 5.41) is 5.84. The standard InChI is InChI=1S/C19H28N2O3/c1-13(2)9-10-14(3)20-18(22)15-6-4-7-16(12-15)21-19(23)17-8-5-11-24-17/h4,6-7,12-14,17H,5,8-11H2,1-3H3,(H,20,22)(H,21,23). The highest BCUT2D eigenvalue weighted by Crippen LogP contribution is 2.16. The molecule has 0 bridgehead atoms. The van der Waals surface area contributed by atoms with Crippen LogP contribution in [0.1, 0.15) is 56.8 Å². The number of carbonyl (C=O) groups excluding carboxylic acids is 2. The molecule has 1 aromatic rings. The van der Waals surface area contributed by atoms with Crippen molar-refractivity contribution in [2.24, 2.45) is 5.92 Å². The third-order valence-corrected chi connectivity index (χ3v) is 4.17. The molecule has 2 atom stereocenters. The first-order valence-corrected chi connectivity index (χ1v) is 8.79. The van der Waals surface area contributed by atoms with Crippen LogP contribution >= 0.6 is 0 Å². The van der Waals surface area contributed by atoms with E-state index in [4.69, 9.17) is 4.74 Å².